The van der Waals surface area contributed by atoms with Gasteiger partial charge in [-0.2, -0.15) is 0 Å². The lowest BCUT2D eigenvalue weighted by molar-refractivity contribution is 0.0456. The van der Waals surface area contributed by atoms with E-state index in [0.717, 1.165) is 19.3 Å². The monoisotopic (exact) mass is 246 g/mol. The molecule has 0 radical (unpaired) electrons. The summed E-state index contributed by atoms with van der Waals surface area (Å²) in [7, 11) is 1.75. The van der Waals surface area contributed by atoms with Gasteiger partial charge < -0.3 is 9.84 Å². The van der Waals surface area contributed by atoms with E-state index in [9.17, 15) is 5.11 Å². The summed E-state index contributed by atoms with van der Waals surface area (Å²) in [5, 5.41) is 10.7. The molecule has 3 rings (SSSR count). The fourth-order valence-corrected chi connectivity index (χ4v) is 3.92. The minimum atomic E-state index is -0.668. The van der Waals surface area contributed by atoms with Gasteiger partial charge in [0.2, 0.25) is 0 Å². The Labute approximate surface area is 109 Å². The van der Waals surface area contributed by atoms with Crippen molar-refractivity contribution in [2.75, 3.05) is 13.7 Å². The minimum Gasteiger partial charge on any atom is -0.385 e. The maximum atomic E-state index is 10.7. The molecule has 2 nitrogen and oxygen atoms in total. The van der Waals surface area contributed by atoms with Crippen LogP contribution in [-0.2, 0) is 4.74 Å². The summed E-state index contributed by atoms with van der Waals surface area (Å²) >= 11 is 0. The van der Waals surface area contributed by atoms with Crippen molar-refractivity contribution in [2.45, 2.75) is 45.6 Å². The SMILES string of the molecule is COCC1=C(C)CC2=C[C@@](C)(O)C3(CC3)C(C)=C21. The molecule has 0 aliphatic heterocycles. The molecule has 0 aromatic carbocycles. The molecule has 3 aliphatic rings. The minimum absolute atomic E-state index is 0.00937. The van der Waals surface area contributed by atoms with E-state index >= 15 is 0 Å². The highest BCUT2D eigenvalue weighted by molar-refractivity contribution is 5.64. The van der Waals surface area contributed by atoms with Gasteiger partial charge in [0, 0.05) is 12.5 Å². The van der Waals surface area contributed by atoms with Gasteiger partial charge in [-0.05, 0) is 62.8 Å². The average molecular weight is 246 g/mol. The largest absolute Gasteiger partial charge is 0.385 e. The van der Waals surface area contributed by atoms with Gasteiger partial charge in [0.1, 0.15) is 0 Å². The van der Waals surface area contributed by atoms with Crippen molar-refractivity contribution in [2.24, 2.45) is 5.41 Å². The molecule has 98 valence electrons. The normalized spacial score (nSPS) is 33.1. The van der Waals surface area contributed by atoms with E-state index in [1.807, 2.05) is 6.92 Å². The highest BCUT2D eigenvalue weighted by Gasteiger charge is 2.59. The van der Waals surface area contributed by atoms with Crippen LogP contribution < -0.4 is 0 Å². The first-order valence-corrected chi connectivity index (χ1v) is 6.77. The molecule has 1 spiro atoms. The van der Waals surface area contributed by atoms with Crippen LogP contribution in [0.1, 0.15) is 40.0 Å². The van der Waals surface area contributed by atoms with Crippen LogP contribution in [0.4, 0.5) is 0 Å². The standard InChI is InChI=1S/C16H22O2/c1-10-7-12-8-15(3,17)16(5-6-16)11(2)14(12)13(10)9-18-4/h8,17H,5-7,9H2,1-4H3/t15-/m1/s1. The molecule has 3 aliphatic carbocycles. The molecule has 1 saturated carbocycles. The summed E-state index contributed by atoms with van der Waals surface area (Å²) in [5.41, 5.74) is 6.16. The van der Waals surface area contributed by atoms with Crippen molar-refractivity contribution in [3.05, 3.63) is 33.9 Å². The van der Waals surface area contributed by atoms with Crippen LogP contribution in [0.2, 0.25) is 0 Å². The zero-order valence-electron chi connectivity index (χ0n) is 11.8. The Morgan fingerprint density at radius 3 is 2.56 bits per heavy atom. The fourth-order valence-electron chi connectivity index (χ4n) is 3.92. The number of hydrogen-bond donors (Lipinski definition) is 1. The second-order valence-corrected chi connectivity index (χ2v) is 6.27. The van der Waals surface area contributed by atoms with E-state index in [1.54, 1.807) is 7.11 Å². The maximum Gasteiger partial charge on any atom is 0.0898 e. The van der Waals surface area contributed by atoms with E-state index < -0.39 is 5.60 Å². The number of allylic oxidation sites excluding steroid dienone is 2. The molecule has 0 unspecified atom stereocenters. The Balaban J connectivity index is 2.13. The lowest BCUT2D eigenvalue weighted by Gasteiger charge is -2.37. The highest BCUT2D eigenvalue weighted by atomic mass is 16.5. The highest BCUT2D eigenvalue weighted by Crippen LogP contribution is 2.64. The third kappa shape index (κ3) is 1.36. The Hall–Kier alpha value is -0.860. The van der Waals surface area contributed by atoms with Crippen molar-refractivity contribution in [3.63, 3.8) is 0 Å². The smallest absolute Gasteiger partial charge is 0.0898 e. The van der Waals surface area contributed by atoms with Gasteiger partial charge in [-0.15, -0.1) is 0 Å². The van der Waals surface area contributed by atoms with Gasteiger partial charge in [0.05, 0.1) is 12.2 Å². The molecule has 0 aromatic rings. The van der Waals surface area contributed by atoms with Gasteiger partial charge in [-0.1, -0.05) is 11.1 Å². The summed E-state index contributed by atoms with van der Waals surface area (Å²) in [6.45, 7) is 7.05. The average Bonchev–Trinajstić information content (AvgIpc) is 3.02. The third-order valence-corrected chi connectivity index (χ3v) is 5.15. The van der Waals surface area contributed by atoms with E-state index in [1.165, 1.54) is 27.9 Å². The van der Waals surface area contributed by atoms with Crippen molar-refractivity contribution >= 4 is 0 Å². The lowest BCUT2D eigenvalue weighted by atomic mass is 9.71. The van der Waals surface area contributed by atoms with Crippen molar-refractivity contribution in [3.8, 4) is 0 Å². The van der Waals surface area contributed by atoms with E-state index in [0.29, 0.717) is 6.61 Å². The van der Waals surface area contributed by atoms with E-state index in [-0.39, 0.29) is 5.41 Å². The molecule has 0 heterocycles. The molecule has 1 N–H and O–H groups in total. The molecule has 1 fully saturated rings. The molecular formula is C16H22O2. The van der Waals surface area contributed by atoms with E-state index in [2.05, 4.69) is 19.9 Å². The predicted molar refractivity (Wildman–Crippen MR) is 72.3 cm³/mol. The summed E-state index contributed by atoms with van der Waals surface area (Å²) in [4.78, 5) is 0. The van der Waals surface area contributed by atoms with Crippen LogP contribution >= 0.6 is 0 Å². The van der Waals surface area contributed by atoms with Gasteiger partial charge in [-0.3, -0.25) is 0 Å². The molecule has 0 aromatic heterocycles. The number of methoxy groups -OCH3 is 1. The number of fused-ring (bicyclic) bond motifs is 1. The van der Waals surface area contributed by atoms with Gasteiger partial charge in [0.15, 0.2) is 0 Å². The van der Waals surface area contributed by atoms with Crippen LogP contribution in [0.3, 0.4) is 0 Å². The molecule has 0 amide bonds. The Morgan fingerprint density at radius 2 is 2.00 bits per heavy atom. The quantitative estimate of drug-likeness (QED) is 0.811. The zero-order chi connectivity index (χ0) is 13.1. The van der Waals surface area contributed by atoms with E-state index in [4.69, 9.17) is 4.74 Å². The van der Waals surface area contributed by atoms with Crippen molar-refractivity contribution < 1.29 is 9.84 Å². The summed E-state index contributed by atoms with van der Waals surface area (Å²) < 4.78 is 5.35. The third-order valence-electron chi connectivity index (χ3n) is 5.15. The Bertz CT molecular complexity index is 499. The van der Waals surface area contributed by atoms with Gasteiger partial charge >= 0.3 is 0 Å². The number of ether oxygens (including phenoxy) is 1. The van der Waals surface area contributed by atoms with Gasteiger partial charge in [-0.25, -0.2) is 0 Å². The fraction of sp³-hybridized carbons (Fsp3) is 0.625. The lowest BCUT2D eigenvalue weighted by Crippen LogP contribution is -2.38. The number of rotatable bonds is 2. The van der Waals surface area contributed by atoms with Crippen LogP contribution in [-0.4, -0.2) is 24.4 Å². The zero-order valence-corrected chi connectivity index (χ0v) is 11.8. The number of aliphatic hydroxyl groups is 1. The Morgan fingerprint density at radius 1 is 1.33 bits per heavy atom. The van der Waals surface area contributed by atoms with Crippen LogP contribution in [0.25, 0.3) is 0 Å². The second kappa shape index (κ2) is 3.58. The van der Waals surface area contributed by atoms with Crippen LogP contribution in [0.15, 0.2) is 33.9 Å². The summed E-state index contributed by atoms with van der Waals surface area (Å²) in [6.07, 6.45) is 5.29. The Kier molecular flexibility index (Phi) is 2.43. The van der Waals surface area contributed by atoms with Crippen LogP contribution in [0, 0.1) is 5.41 Å². The summed E-state index contributed by atoms with van der Waals surface area (Å²) in [5.74, 6) is 0. The molecule has 0 bridgehead atoms. The maximum absolute atomic E-state index is 10.7. The molecule has 0 saturated heterocycles. The number of hydrogen-bond acceptors (Lipinski definition) is 2. The molecular weight excluding hydrogens is 224 g/mol. The predicted octanol–water partition coefficient (Wildman–Crippen LogP) is 3.14. The topological polar surface area (TPSA) is 29.5 Å². The molecule has 2 heteroatoms. The first-order valence-electron chi connectivity index (χ1n) is 6.77. The first-order chi connectivity index (χ1) is 8.43. The van der Waals surface area contributed by atoms with Crippen molar-refractivity contribution in [1.29, 1.82) is 0 Å². The van der Waals surface area contributed by atoms with Crippen molar-refractivity contribution in [1.82, 2.24) is 0 Å². The first kappa shape index (κ1) is 12.2. The summed E-state index contributed by atoms with van der Waals surface area (Å²) in [6, 6.07) is 0. The van der Waals surface area contributed by atoms with Gasteiger partial charge in [0.25, 0.3) is 0 Å². The van der Waals surface area contributed by atoms with Crippen LogP contribution in [0.5, 0.6) is 0 Å². The second-order valence-electron chi connectivity index (χ2n) is 6.27. The molecule has 1 atom stereocenters. The molecule has 18 heavy (non-hydrogen) atoms.